The Kier molecular flexibility index (Phi) is 10.2. The minimum Gasteiger partial charge on any atom is -0.487 e. The van der Waals surface area contributed by atoms with Crippen molar-refractivity contribution in [2.24, 2.45) is 0 Å². The lowest BCUT2D eigenvalue weighted by atomic mass is 9.62. The summed E-state index contributed by atoms with van der Waals surface area (Å²) in [7, 11) is 1.45. The molecule has 0 aliphatic carbocycles. The van der Waals surface area contributed by atoms with Gasteiger partial charge in [-0.15, -0.1) is 10.2 Å². The number of aromatic nitrogens is 2. The second-order valence-corrected chi connectivity index (χ2v) is 11.8. The molecule has 0 saturated carbocycles. The predicted octanol–water partition coefficient (Wildman–Crippen LogP) is 5.38. The molecule has 44 heavy (non-hydrogen) atoms. The van der Waals surface area contributed by atoms with Crippen LogP contribution in [0.5, 0.6) is 5.75 Å². The van der Waals surface area contributed by atoms with Gasteiger partial charge in [0.1, 0.15) is 11.8 Å². The average Bonchev–Trinajstić information content (AvgIpc) is 3.58. The molecule has 2 amide bonds. The van der Waals surface area contributed by atoms with E-state index in [-0.39, 0.29) is 38.8 Å². The zero-order valence-corrected chi connectivity index (χ0v) is 26.1. The second-order valence-electron chi connectivity index (χ2n) is 11.0. The highest BCUT2D eigenvalue weighted by Crippen LogP contribution is 2.37. The van der Waals surface area contributed by atoms with Crippen molar-refractivity contribution in [2.45, 2.75) is 44.6 Å². The average molecular weight is 643 g/mol. The van der Waals surface area contributed by atoms with E-state index in [4.69, 9.17) is 38.3 Å². The zero-order chi connectivity index (χ0) is 31.4. The Bertz CT molecular complexity index is 1500. The summed E-state index contributed by atoms with van der Waals surface area (Å²) < 4.78 is 25.8. The normalized spacial score (nSPS) is 16.5. The first kappa shape index (κ1) is 32.0. The number of amides is 2. The van der Waals surface area contributed by atoms with E-state index in [0.29, 0.717) is 17.3 Å². The molecular formula is C30H34BCl2FN6O4. The van der Waals surface area contributed by atoms with Gasteiger partial charge >= 0.3 is 6.92 Å². The molecule has 1 aromatic heterocycles. The fourth-order valence-electron chi connectivity index (χ4n) is 5.66. The van der Waals surface area contributed by atoms with Gasteiger partial charge in [-0.05, 0) is 75.2 Å². The number of hydrogen-bond acceptors (Lipinski definition) is 8. The van der Waals surface area contributed by atoms with Crippen LogP contribution < -0.4 is 15.8 Å². The maximum Gasteiger partial charge on any atom is 0.338 e. The molecule has 232 valence electrons. The number of piperidine rings is 1. The summed E-state index contributed by atoms with van der Waals surface area (Å²) in [6.07, 6.45) is 4.50. The Morgan fingerprint density at radius 1 is 1.07 bits per heavy atom. The number of carbonyl (C=O) groups is 2. The molecule has 5 rings (SSSR count). The van der Waals surface area contributed by atoms with Crippen molar-refractivity contribution >= 4 is 53.4 Å². The number of nitrogen functional groups attached to an aromatic ring is 1. The molecule has 0 spiro atoms. The van der Waals surface area contributed by atoms with Gasteiger partial charge < -0.3 is 30.2 Å². The van der Waals surface area contributed by atoms with Crippen molar-refractivity contribution in [1.82, 2.24) is 20.0 Å². The van der Waals surface area contributed by atoms with E-state index in [1.54, 1.807) is 31.1 Å². The molecule has 2 fully saturated rings. The molecule has 10 nitrogen and oxygen atoms in total. The van der Waals surface area contributed by atoms with E-state index in [9.17, 15) is 14.0 Å². The molecule has 1 atom stereocenters. The van der Waals surface area contributed by atoms with Gasteiger partial charge in [0.05, 0.1) is 5.02 Å². The number of ether oxygens (including phenoxy) is 1. The minimum atomic E-state index is -0.991. The van der Waals surface area contributed by atoms with E-state index in [1.165, 1.54) is 32.1 Å². The molecule has 3 aromatic rings. The third-order valence-corrected chi connectivity index (χ3v) is 8.95. The Labute approximate surface area is 266 Å². The maximum absolute atomic E-state index is 14.3. The summed E-state index contributed by atoms with van der Waals surface area (Å²) in [4.78, 5) is 30.6. The highest BCUT2D eigenvalue weighted by Gasteiger charge is 2.33. The topological polar surface area (TPSA) is 123 Å². The fourth-order valence-corrected chi connectivity index (χ4v) is 6.24. The molecule has 2 aliphatic heterocycles. The second kappa shape index (κ2) is 14.1. The molecule has 3 N–H and O–H groups in total. The van der Waals surface area contributed by atoms with Crippen molar-refractivity contribution in [3.05, 3.63) is 75.1 Å². The quantitative estimate of drug-likeness (QED) is 0.235. The number of halogens is 3. The Hall–Kier alpha value is -3.45. The molecule has 0 bridgehead atoms. The summed E-state index contributed by atoms with van der Waals surface area (Å²) in [5.41, 5.74) is 7.10. The van der Waals surface area contributed by atoms with Gasteiger partial charge in [0.2, 0.25) is 0 Å². The highest BCUT2D eigenvalue weighted by atomic mass is 35.5. The standard InChI is InChI=1S/C30H34BCl2FN6O4/c1-31(43-2)27(25-21(32)9-10-22(34)26(25)33)44-24-17-23(37-38-28(24)35)29(41)36-19-7-5-18(6-8-19)30(42)40-15-11-20(12-16-40)39-13-3-4-14-39/h5-10,17,20,27H,3-4,11-16H2,1-2H3,(H2,35,38)(H,36,41). The monoisotopic (exact) mass is 642 g/mol. The van der Waals surface area contributed by atoms with Gasteiger partial charge in [0.25, 0.3) is 11.8 Å². The predicted molar refractivity (Wildman–Crippen MR) is 169 cm³/mol. The number of hydrogen-bond donors (Lipinski definition) is 2. The van der Waals surface area contributed by atoms with Crippen LogP contribution >= 0.6 is 23.2 Å². The SMILES string of the molecule is COB(C)C(Oc1cc(C(=O)Nc2ccc(C(=O)N3CCC(N4CCCC4)CC3)cc2)nnc1N)c1c(Cl)ccc(F)c1Cl. The Morgan fingerprint density at radius 2 is 1.75 bits per heavy atom. The fraction of sp³-hybridized carbons (Fsp3) is 0.400. The van der Waals surface area contributed by atoms with E-state index in [2.05, 4.69) is 20.4 Å². The van der Waals surface area contributed by atoms with Crippen LogP contribution in [0.25, 0.3) is 0 Å². The number of benzene rings is 2. The number of carbonyl (C=O) groups excluding carboxylic acids is 2. The largest absolute Gasteiger partial charge is 0.487 e. The summed E-state index contributed by atoms with van der Waals surface area (Å²) in [5.74, 6) is -1.38. The summed E-state index contributed by atoms with van der Waals surface area (Å²) in [5, 5.41) is 10.4. The lowest BCUT2D eigenvalue weighted by Gasteiger charge is -2.36. The molecule has 14 heteroatoms. The third kappa shape index (κ3) is 7.09. The van der Waals surface area contributed by atoms with E-state index < -0.39 is 24.6 Å². The lowest BCUT2D eigenvalue weighted by molar-refractivity contribution is 0.0644. The molecule has 2 aliphatic rings. The number of rotatable bonds is 9. The summed E-state index contributed by atoms with van der Waals surface area (Å²) in [6.45, 7) is 4.84. The first-order valence-electron chi connectivity index (χ1n) is 14.6. The maximum atomic E-state index is 14.3. The number of nitrogens with one attached hydrogen (secondary N) is 1. The Morgan fingerprint density at radius 3 is 2.41 bits per heavy atom. The van der Waals surface area contributed by atoms with E-state index in [1.807, 2.05) is 4.90 Å². The van der Waals surface area contributed by atoms with Crippen LogP contribution in [0.1, 0.15) is 58.1 Å². The van der Waals surface area contributed by atoms with E-state index >= 15 is 0 Å². The minimum absolute atomic E-state index is 0.00453. The third-order valence-electron chi connectivity index (χ3n) is 8.23. The van der Waals surface area contributed by atoms with Gasteiger partial charge in [-0.1, -0.05) is 30.0 Å². The number of anilines is 2. The molecule has 2 saturated heterocycles. The van der Waals surface area contributed by atoms with Gasteiger partial charge in [-0.2, -0.15) is 0 Å². The van der Waals surface area contributed by atoms with E-state index in [0.717, 1.165) is 45.1 Å². The smallest absolute Gasteiger partial charge is 0.338 e. The zero-order valence-electron chi connectivity index (χ0n) is 24.6. The van der Waals surface area contributed by atoms with Gasteiger partial charge in [0.15, 0.2) is 17.3 Å². The highest BCUT2D eigenvalue weighted by molar-refractivity contribution is 6.52. The van der Waals surface area contributed by atoms with Crippen LogP contribution in [-0.4, -0.2) is 78.1 Å². The molecule has 0 radical (unpaired) electrons. The first-order valence-corrected chi connectivity index (χ1v) is 15.3. The molecular weight excluding hydrogens is 609 g/mol. The molecule has 2 aromatic carbocycles. The lowest BCUT2D eigenvalue weighted by Crippen LogP contribution is -2.45. The number of nitrogens with two attached hydrogens (primary N) is 1. The number of likely N-dealkylation sites (tertiary alicyclic amines) is 2. The first-order chi connectivity index (χ1) is 21.2. The van der Waals surface area contributed by atoms with Crippen molar-refractivity contribution < 1.29 is 23.4 Å². The van der Waals surface area contributed by atoms with Crippen molar-refractivity contribution in [3.8, 4) is 5.75 Å². The van der Waals surface area contributed by atoms with Gasteiger partial charge in [-0.3, -0.25) is 9.59 Å². The number of nitrogens with zero attached hydrogens (tertiary/aromatic N) is 4. The van der Waals surface area contributed by atoms with Crippen LogP contribution in [-0.2, 0) is 4.65 Å². The molecule has 1 unspecified atom stereocenters. The summed E-state index contributed by atoms with van der Waals surface area (Å²) in [6, 6.07) is 10.1. The van der Waals surface area contributed by atoms with Crippen molar-refractivity contribution in [3.63, 3.8) is 0 Å². The van der Waals surface area contributed by atoms with Crippen LogP contribution in [0.3, 0.4) is 0 Å². The van der Waals surface area contributed by atoms with Crippen LogP contribution in [0.4, 0.5) is 15.9 Å². The van der Waals surface area contributed by atoms with Gasteiger partial charge in [-0.25, -0.2) is 4.39 Å². The van der Waals surface area contributed by atoms with Crippen molar-refractivity contribution in [2.75, 3.05) is 44.3 Å². The van der Waals surface area contributed by atoms with Gasteiger partial charge in [0, 0.05) is 54.1 Å². The van der Waals surface area contributed by atoms with Crippen LogP contribution in [0.2, 0.25) is 16.9 Å². The Balaban J connectivity index is 1.24. The van der Waals surface area contributed by atoms with Crippen LogP contribution in [0.15, 0.2) is 42.5 Å². The van der Waals surface area contributed by atoms with Crippen molar-refractivity contribution in [1.29, 1.82) is 0 Å². The van der Waals surface area contributed by atoms with Crippen LogP contribution in [0, 0.1) is 5.82 Å². The summed E-state index contributed by atoms with van der Waals surface area (Å²) >= 11 is 12.6. The molecule has 3 heterocycles.